The first-order valence-electron chi connectivity index (χ1n) is 6.09. The quantitative estimate of drug-likeness (QED) is 0.887. The van der Waals surface area contributed by atoms with E-state index < -0.39 is 5.97 Å². The average molecular weight is 290 g/mol. The maximum atomic E-state index is 12.0. The summed E-state index contributed by atoms with van der Waals surface area (Å²) >= 11 is 1.29. The first kappa shape index (κ1) is 14.2. The SMILES string of the molecule is Cc1cccc(C(=O)Nc2nc(CCC(=O)O)cs2)c1. The molecule has 104 valence electrons. The first-order chi connectivity index (χ1) is 9.54. The van der Waals surface area contributed by atoms with Crippen LogP contribution >= 0.6 is 11.3 Å². The van der Waals surface area contributed by atoms with Crippen LogP contribution in [0.3, 0.4) is 0 Å². The molecule has 1 heterocycles. The maximum absolute atomic E-state index is 12.0. The summed E-state index contributed by atoms with van der Waals surface area (Å²) in [6, 6.07) is 7.28. The van der Waals surface area contributed by atoms with Gasteiger partial charge in [-0.25, -0.2) is 4.98 Å². The average Bonchev–Trinajstić information content (AvgIpc) is 2.84. The molecular formula is C14H14N2O3S. The molecule has 6 heteroatoms. The van der Waals surface area contributed by atoms with Gasteiger partial charge in [0, 0.05) is 17.4 Å². The van der Waals surface area contributed by atoms with Crippen molar-refractivity contribution in [2.24, 2.45) is 0 Å². The second-order valence-electron chi connectivity index (χ2n) is 4.36. The number of carboxylic acids is 1. The fraction of sp³-hybridized carbons (Fsp3) is 0.214. The zero-order chi connectivity index (χ0) is 14.5. The van der Waals surface area contributed by atoms with Crippen molar-refractivity contribution in [2.75, 3.05) is 5.32 Å². The van der Waals surface area contributed by atoms with Crippen molar-refractivity contribution in [1.29, 1.82) is 0 Å². The van der Waals surface area contributed by atoms with Gasteiger partial charge < -0.3 is 5.11 Å². The van der Waals surface area contributed by atoms with Gasteiger partial charge >= 0.3 is 5.97 Å². The molecule has 0 unspecified atom stereocenters. The summed E-state index contributed by atoms with van der Waals surface area (Å²) in [6.45, 7) is 1.92. The van der Waals surface area contributed by atoms with E-state index in [0.29, 0.717) is 22.8 Å². The number of carbonyl (C=O) groups excluding carboxylic acids is 1. The van der Waals surface area contributed by atoms with Crippen LogP contribution in [0.25, 0.3) is 0 Å². The third-order valence-corrected chi connectivity index (χ3v) is 3.45. The Hall–Kier alpha value is -2.21. The number of amides is 1. The van der Waals surface area contributed by atoms with E-state index in [1.54, 1.807) is 17.5 Å². The molecule has 0 fully saturated rings. The predicted octanol–water partition coefficient (Wildman–Crippen LogP) is 2.72. The maximum Gasteiger partial charge on any atom is 0.303 e. The lowest BCUT2D eigenvalue weighted by molar-refractivity contribution is -0.136. The van der Waals surface area contributed by atoms with Crippen molar-refractivity contribution in [2.45, 2.75) is 19.8 Å². The summed E-state index contributed by atoms with van der Waals surface area (Å²) in [6.07, 6.45) is 0.404. The highest BCUT2D eigenvalue weighted by atomic mass is 32.1. The second kappa shape index (κ2) is 6.29. The van der Waals surface area contributed by atoms with E-state index in [1.165, 1.54) is 11.3 Å². The minimum atomic E-state index is -0.858. The van der Waals surface area contributed by atoms with Gasteiger partial charge in [0.15, 0.2) is 5.13 Å². The molecule has 2 N–H and O–H groups in total. The monoisotopic (exact) mass is 290 g/mol. The van der Waals surface area contributed by atoms with Gasteiger partial charge in [0.2, 0.25) is 0 Å². The summed E-state index contributed by atoms with van der Waals surface area (Å²) < 4.78 is 0. The van der Waals surface area contributed by atoms with Crippen molar-refractivity contribution >= 4 is 28.3 Å². The summed E-state index contributed by atoms with van der Waals surface area (Å²) in [5, 5.41) is 13.6. The standard InChI is InChI=1S/C14H14N2O3S/c1-9-3-2-4-10(7-9)13(19)16-14-15-11(8-20-14)5-6-12(17)18/h2-4,7-8H,5-6H2,1H3,(H,17,18)(H,15,16,19). The van der Waals surface area contributed by atoms with Gasteiger partial charge in [0.05, 0.1) is 12.1 Å². The smallest absolute Gasteiger partial charge is 0.303 e. The molecule has 1 amide bonds. The number of hydrogen-bond acceptors (Lipinski definition) is 4. The molecule has 0 aliphatic rings. The molecule has 1 aromatic heterocycles. The Morgan fingerprint density at radius 3 is 2.90 bits per heavy atom. The number of aromatic nitrogens is 1. The zero-order valence-corrected chi connectivity index (χ0v) is 11.7. The molecule has 0 saturated carbocycles. The number of thiazole rings is 1. The van der Waals surface area contributed by atoms with E-state index >= 15 is 0 Å². The Kier molecular flexibility index (Phi) is 4.47. The van der Waals surface area contributed by atoms with Crippen LogP contribution in [0.4, 0.5) is 5.13 Å². The van der Waals surface area contributed by atoms with Crippen molar-refractivity contribution in [1.82, 2.24) is 4.98 Å². The van der Waals surface area contributed by atoms with Crippen LogP contribution in [0, 0.1) is 6.92 Å². The normalized spacial score (nSPS) is 10.2. The van der Waals surface area contributed by atoms with Crippen molar-refractivity contribution < 1.29 is 14.7 Å². The van der Waals surface area contributed by atoms with Crippen LogP contribution in [0.15, 0.2) is 29.6 Å². The number of benzene rings is 1. The Morgan fingerprint density at radius 2 is 2.20 bits per heavy atom. The highest BCUT2D eigenvalue weighted by molar-refractivity contribution is 7.13. The third kappa shape index (κ3) is 3.89. The number of carboxylic acid groups (broad SMARTS) is 1. The predicted molar refractivity (Wildman–Crippen MR) is 77.2 cm³/mol. The third-order valence-electron chi connectivity index (χ3n) is 2.65. The van der Waals surface area contributed by atoms with E-state index in [-0.39, 0.29) is 12.3 Å². The Morgan fingerprint density at radius 1 is 1.40 bits per heavy atom. The van der Waals surface area contributed by atoms with Gasteiger partial charge in [0.25, 0.3) is 5.91 Å². The van der Waals surface area contributed by atoms with Gasteiger partial charge in [-0.3, -0.25) is 14.9 Å². The largest absolute Gasteiger partial charge is 0.481 e. The number of nitrogens with one attached hydrogen (secondary N) is 1. The number of aliphatic carboxylic acids is 1. The molecule has 0 atom stereocenters. The van der Waals surface area contributed by atoms with Crippen LogP contribution in [-0.4, -0.2) is 22.0 Å². The van der Waals surface area contributed by atoms with Crippen molar-refractivity contribution in [3.63, 3.8) is 0 Å². The lowest BCUT2D eigenvalue weighted by atomic mass is 10.1. The summed E-state index contributed by atoms with van der Waals surface area (Å²) in [4.78, 5) is 26.7. The summed E-state index contributed by atoms with van der Waals surface area (Å²) in [7, 11) is 0. The topological polar surface area (TPSA) is 79.3 Å². The van der Waals surface area contributed by atoms with Gasteiger partial charge in [-0.2, -0.15) is 0 Å². The molecule has 0 spiro atoms. The van der Waals surface area contributed by atoms with E-state index in [9.17, 15) is 9.59 Å². The summed E-state index contributed by atoms with van der Waals surface area (Å²) in [5.74, 6) is -1.07. The number of carbonyl (C=O) groups is 2. The minimum Gasteiger partial charge on any atom is -0.481 e. The van der Waals surface area contributed by atoms with Crippen molar-refractivity contribution in [3.8, 4) is 0 Å². The Balaban J connectivity index is 1.99. The lowest BCUT2D eigenvalue weighted by Crippen LogP contribution is -2.11. The Labute approximate surface area is 120 Å². The molecular weight excluding hydrogens is 276 g/mol. The number of anilines is 1. The highest BCUT2D eigenvalue weighted by Gasteiger charge is 2.09. The lowest BCUT2D eigenvalue weighted by Gasteiger charge is -2.02. The molecule has 5 nitrogen and oxygen atoms in total. The van der Waals surface area contributed by atoms with Gasteiger partial charge in [-0.1, -0.05) is 17.7 Å². The van der Waals surface area contributed by atoms with E-state index in [2.05, 4.69) is 10.3 Å². The highest BCUT2D eigenvalue weighted by Crippen LogP contribution is 2.17. The van der Waals surface area contributed by atoms with Crippen LogP contribution in [0.5, 0.6) is 0 Å². The van der Waals surface area contributed by atoms with Crippen LogP contribution in [0.1, 0.15) is 28.0 Å². The Bertz CT molecular complexity index is 637. The first-order valence-corrected chi connectivity index (χ1v) is 6.97. The van der Waals surface area contributed by atoms with Gasteiger partial charge in [-0.15, -0.1) is 11.3 Å². The molecule has 0 radical (unpaired) electrons. The van der Waals surface area contributed by atoms with Crippen molar-refractivity contribution in [3.05, 3.63) is 46.5 Å². The molecule has 0 aliphatic heterocycles. The molecule has 1 aromatic carbocycles. The number of nitrogens with zero attached hydrogens (tertiary/aromatic N) is 1. The second-order valence-corrected chi connectivity index (χ2v) is 5.22. The zero-order valence-electron chi connectivity index (χ0n) is 10.9. The molecule has 20 heavy (non-hydrogen) atoms. The fourth-order valence-corrected chi connectivity index (χ4v) is 2.41. The molecule has 2 rings (SSSR count). The number of aryl methyl sites for hydroxylation is 2. The fourth-order valence-electron chi connectivity index (χ4n) is 1.67. The minimum absolute atomic E-state index is 0.0367. The number of rotatable bonds is 5. The molecule has 0 aliphatic carbocycles. The van der Waals surface area contributed by atoms with E-state index in [1.807, 2.05) is 19.1 Å². The van der Waals surface area contributed by atoms with Gasteiger partial charge in [0.1, 0.15) is 0 Å². The van der Waals surface area contributed by atoms with Crippen LogP contribution < -0.4 is 5.32 Å². The van der Waals surface area contributed by atoms with E-state index in [4.69, 9.17) is 5.11 Å². The number of hydrogen-bond donors (Lipinski definition) is 2. The molecule has 2 aromatic rings. The molecule has 0 saturated heterocycles. The van der Waals surface area contributed by atoms with Gasteiger partial charge in [-0.05, 0) is 19.1 Å². The van der Waals surface area contributed by atoms with Crippen LogP contribution in [0.2, 0.25) is 0 Å². The summed E-state index contributed by atoms with van der Waals surface area (Å²) in [5.41, 5.74) is 2.27. The van der Waals surface area contributed by atoms with Crippen LogP contribution in [-0.2, 0) is 11.2 Å². The van der Waals surface area contributed by atoms with E-state index in [0.717, 1.165) is 5.56 Å². The molecule has 0 bridgehead atoms.